The number of aromatic amines is 1. The molecule has 0 atom stereocenters. The number of nitrogens with one attached hydrogen (secondary N) is 1. The van der Waals surface area contributed by atoms with Crippen molar-refractivity contribution in [3.05, 3.63) is 29.8 Å². The third kappa shape index (κ3) is 1.31. The lowest BCUT2D eigenvalue weighted by atomic mass is 10.1. The van der Waals surface area contributed by atoms with E-state index in [1.807, 2.05) is 0 Å². The number of phenols is 3. The highest BCUT2D eigenvalue weighted by molar-refractivity contribution is 6.11. The Hall–Kier alpha value is -2.69. The monoisotopic (exact) mass is 243 g/mol. The average molecular weight is 243 g/mol. The largest absolute Gasteiger partial charge is 0.506 e. The van der Waals surface area contributed by atoms with E-state index in [1.54, 1.807) is 6.07 Å². The number of benzene rings is 2. The molecule has 0 radical (unpaired) electrons. The number of hydrogen-bond acceptors (Lipinski definition) is 4. The van der Waals surface area contributed by atoms with Crippen molar-refractivity contribution in [3.63, 3.8) is 0 Å². The number of hydrogen-bond donors (Lipinski definition) is 4. The van der Waals surface area contributed by atoms with Crippen LogP contribution in [0.3, 0.4) is 0 Å². The van der Waals surface area contributed by atoms with Gasteiger partial charge >= 0.3 is 0 Å². The van der Waals surface area contributed by atoms with Gasteiger partial charge in [0.25, 0.3) is 0 Å². The molecule has 0 bridgehead atoms. The first-order chi connectivity index (χ1) is 8.60. The molecule has 0 aliphatic rings. The van der Waals surface area contributed by atoms with Gasteiger partial charge in [0.1, 0.15) is 12.0 Å². The van der Waals surface area contributed by atoms with Crippen LogP contribution in [0.1, 0.15) is 10.4 Å². The van der Waals surface area contributed by atoms with Crippen LogP contribution < -0.4 is 0 Å². The lowest BCUT2D eigenvalue weighted by molar-refractivity contribution is 0.112. The van der Waals surface area contributed by atoms with Crippen molar-refractivity contribution in [3.8, 4) is 17.2 Å². The molecule has 0 fully saturated rings. The van der Waals surface area contributed by atoms with Gasteiger partial charge in [-0.05, 0) is 18.2 Å². The zero-order valence-electron chi connectivity index (χ0n) is 9.14. The van der Waals surface area contributed by atoms with Crippen molar-refractivity contribution in [1.82, 2.24) is 4.98 Å². The number of carbonyl (C=O) groups is 1. The van der Waals surface area contributed by atoms with Crippen LogP contribution in [-0.4, -0.2) is 26.6 Å². The average Bonchev–Trinajstić information content (AvgIpc) is 2.68. The van der Waals surface area contributed by atoms with E-state index >= 15 is 0 Å². The van der Waals surface area contributed by atoms with E-state index in [-0.39, 0.29) is 17.2 Å². The molecule has 2 aromatic carbocycles. The summed E-state index contributed by atoms with van der Waals surface area (Å²) in [6.07, 6.45) is 0.637. The lowest BCUT2D eigenvalue weighted by Crippen LogP contribution is -1.79. The highest BCUT2D eigenvalue weighted by atomic mass is 16.3. The summed E-state index contributed by atoms with van der Waals surface area (Å²) >= 11 is 0. The summed E-state index contributed by atoms with van der Waals surface area (Å²) in [4.78, 5) is 13.7. The molecule has 0 unspecified atom stereocenters. The zero-order chi connectivity index (χ0) is 12.9. The topological polar surface area (TPSA) is 93.5 Å². The first-order valence-corrected chi connectivity index (χ1v) is 5.25. The molecule has 18 heavy (non-hydrogen) atoms. The SMILES string of the molecule is O=Cc1cc(O)c2[nH]c3cc(O)c(O)cc3c2c1. The van der Waals surface area contributed by atoms with E-state index in [9.17, 15) is 20.1 Å². The van der Waals surface area contributed by atoms with Crippen molar-refractivity contribution < 1.29 is 20.1 Å². The van der Waals surface area contributed by atoms with Crippen LogP contribution in [0.15, 0.2) is 24.3 Å². The third-order valence-electron chi connectivity index (χ3n) is 2.94. The lowest BCUT2D eigenvalue weighted by Gasteiger charge is -1.98. The molecule has 3 aromatic rings. The Balaban J connectivity index is 2.52. The molecule has 0 aliphatic carbocycles. The first kappa shape index (κ1) is 10.5. The number of H-pyrrole nitrogens is 1. The molecular weight excluding hydrogens is 234 g/mol. The summed E-state index contributed by atoms with van der Waals surface area (Å²) in [5.74, 6) is -0.548. The Bertz CT molecular complexity index is 789. The van der Waals surface area contributed by atoms with Crippen LogP contribution in [0, 0.1) is 0 Å². The number of aromatic nitrogens is 1. The van der Waals surface area contributed by atoms with Crippen molar-refractivity contribution in [2.75, 3.05) is 0 Å². The van der Waals surface area contributed by atoms with Gasteiger partial charge < -0.3 is 20.3 Å². The molecule has 0 aliphatic heterocycles. The van der Waals surface area contributed by atoms with Gasteiger partial charge in [-0.2, -0.15) is 0 Å². The van der Waals surface area contributed by atoms with Crippen LogP contribution >= 0.6 is 0 Å². The van der Waals surface area contributed by atoms with Gasteiger partial charge in [0.15, 0.2) is 11.5 Å². The maximum absolute atomic E-state index is 10.8. The highest BCUT2D eigenvalue weighted by Gasteiger charge is 2.12. The predicted octanol–water partition coefficient (Wildman–Crippen LogP) is 2.25. The fraction of sp³-hybridized carbons (Fsp3) is 0. The van der Waals surface area contributed by atoms with E-state index in [0.717, 1.165) is 0 Å². The molecule has 5 heteroatoms. The molecule has 1 heterocycles. The molecule has 0 saturated carbocycles. The normalized spacial score (nSPS) is 11.1. The number of phenolic OH excluding ortho intramolecular Hbond substituents is 3. The van der Waals surface area contributed by atoms with Gasteiger partial charge in [0, 0.05) is 22.4 Å². The number of aromatic hydroxyl groups is 3. The summed E-state index contributed by atoms with van der Waals surface area (Å²) in [7, 11) is 0. The number of fused-ring (bicyclic) bond motifs is 3. The number of aldehydes is 1. The minimum absolute atomic E-state index is 0.0511. The number of rotatable bonds is 1. The third-order valence-corrected chi connectivity index (χ3v) is 2.94. The fourth-order valence-electron chi connectivity index (χ4n) is 2.10. The molecule has 0 amide bonds. The Kier molecular flexibility index (Phi) is 1.98. The van der Waals surface area contributed by atoms with Gasteiger partial charge in [-0.15, -0.1) is 0 Å². The summed E-state index contributed by atoms with van der Waals surface area (Å²) in [6.45, 7) is 0. The van der Waals surface area contributed by atoms with Crippen LogP contribution in [0.4, 0.5) is 0 Å². The van der Waals surface area contributed by atoms with Crippen LogP contribution in [0.2, 0.25) is 0 Å². The minimum atomic E-state index is -0.251. The Morgan fingerprint density at radius 3 is 2.33 bits per heavy atom. The molecular formula is C13H9NO4. The van der Waals surface area contributed by atoms with E-state index in [2.05, 4.69) is 4.98 Å². The molecule has 3 rings (SSSR count). The van der Waals surface area contributed by atoms with Gasteiger partial charge in [-0.25, -0.2) is 0 Å². The maximum atomic E-state index is 10.8. The fourth-order valence-corrected chi connectivity index (χ4v) is 2.10. The van der Waals surface area contributed by atoms with E-state index in [0.29, 0.717) is 33.7 Å². The van der Waals surface area contributed by atoms with Gasteiger partial charge in [0.05, 0.1) is 11.0 Å². The van der Waals surface area contributed by atoms with Gasteiger partial charge in [-0.3, -0.25) is 4.79 Å². The van der Waals surface area contributed by atoms with Crippen molar-refractivity contribution in [1.29, 1.82) is 0 Å². The Labute approximate surface area is 101 Å². The first-order valence-electron chi connectivity index (χ1n) is 5.25. The second kappa shape index (κ2) is 3.40. The van der Waals surface area contributed by atoms with Crippen LogP contribution in [-0.2, 0) is 0 Å². The second-order valence-corrected chi connectivity index (χ2v) is 4.09. The number of carbonyl (C=O) groups excluding carboxylic acids is 1. The molecule has 90 valence electrons. The molecule has 0 spiro atoms. The zero-order valence-corrected chi connectivity index (χ0v) is 9.14. The van der Waals surface area contributed by atoms with Crippen molar-refractivity contribution in [2.45, 2.75) is 0 Å². The van der Waals surface area contributed by atoms with Gasteiger partial charge in [-0.1, -0.05) is 0 Å². The smallest absolute Gasteiger partial charge is 0.159 e. The van der Waals surface area contributed by atoms with Crippen LogP contribution in [0.25, 0.3) is 21.8 Å². The second-order valence-electron chi connectivity index (χ2n) is 4.09. The summed E-state index contributed by atoms with van der Waals surface area (Å²) in [6, 6.07) is 5.71. The molecule has 5 nitrogen and oxygen atoms in total. The van der Waals surface area contributed by atoms with Crippen molar-refractivity contribution in [2.24, 2.45) is 0 Å². The molecule has 4 N–H and O–H groups in total. The predicted molar refractivity (Wildman–Crippen MR) is 66.2 cm³/mol. The Morgan fingerprint density at radius 1 is 0.889 bits per heavy atom. The Morgan fingerprint density at radius 2 is 1.61 bits per heavy atom. The molecule has 0 saturated heterocycles. The highest BCUT2D eigenvalue weighted by Crippen LogP contribution is 2.37. The maximum Gasteiger partial charge on any atom is 0.159 e. The van der Waals surface area contributed by atoms with Crippen LogP contribution in [0.5, 0.6) is 17.2 Å². The standard InChI is InChI=1S/C13H9NO4/c15-5-6-1-8-7-3-10(16)11(17)4-9(7)14-13(8)12(18)2-6/h1-5,14,16-18H. The quantitative estimate of drug-likeness (QED) is 0.389. The summed E-state index contributed by atoms with van der Waals surface area (Å²) < 4.78 is 0. The summed E-state index contributed by atoms with van der Waals surface area (Å²) in [5.41, 5.74) is 1.37. The minimum Gasteiger partial charge on any atom is -0.506 e. The van der Waals surface area contributed by atoms with Gasteiger partial charge in [0.2, 0.25) is 0 Å². The van der Waals surface area contributed by atoms with E-state index in [4.69, 9.17) is 0 Å². The van der Waals surface area contributed by atoms with E-state index < -0.39 is 0 Å². The summed E-state index contributed by atoms with van der Waals surface area (Å²) in [5, 5.41) is 30.0. The van der Waals surface area contributed by atoms with Crippen molar-refractivity contribution >= 4 is 28.1 Å². The van der Waals surface area contributed by atoms with E-state index in [1.165, 1.54) is 18.2 Å². The molecule has 1 aromatic heterocycles.